The number of alkyl halides is 2. The van der Waals surface area contributed by atoms with Gasteiger partial charge in [0.1, 0.15) is 11.3 Å². The Balaban J connectivity index is 1.56. The summed E-state index contributed by atoms with van der Waals surface area (Å²) >= 11 is 0. The van der Waals surface area contributed by atoms with Crippen LogP contribution in [0.1, 0.15) is 35.7 Å². The van der Waals surface area contributed by atoms with Gasteiger partial charge >= 0.3 is 6.61 Å². The number of nitrogens with two attached hydrogens (primary N) is 1. The Morgan fingerprint density at radius 2 is 2.00 bits per heavy atom. The average molecular weight is 432 g/mol. The van der Waals surface area contributed by atoms with Crippen LogP contribution >= 0.6 is 0 Å². The van der Waals surface area contributed by atoms with Gasteiger partial charge in [0.25, 0.3) is 5.91 Å². The van der Waals surface area contributed by atoms with Gasteiger partial charge in [-0.2, -0.15) is 13.9 Å². The molecule has 2 aromatic rings. The highest BCUT2D eigenvalue weighted by molar-refractivity contribution is 5.99. The molecule has 1 aromatic heterocycles. The van der Waals surface area contributed by atoms with Gasteiger partial charge < -0.3 is 20.7 Å². The van der Waals surface area contributed by atoms with Gasteiger partial charge in [-0.1, -0.05) is 0 Å². The summed E-state index contributed by atoms with van der Waals surface area (Å²) < 4.78 is 30.9. The highest BCUT2D eigenvalue weighted by Crippen LogP contribution is 2.39. The molecule has 4 rings (SSSR count). The van der Waals surface area contributed by atoms with E-state index < -0.39 is 12.5 Å². The number of primary amides is 1. The van der Waals surface area contributed by atoms with Gasteiger partial charge in [-0.05, 0) is 57.6 Å². The molecule has 1 aromatic carbocycles. The van der Waals surface area contributed by atoms with Gasteiger partial charge in [0, 0.05) is 29.6 Å². The van der Waals surface area contributed by atoms with Gasteiger partial charge in [-0.25, -0.2) is 0 Å². The van der Waals surface area contributed by atoms with Gasteiger partial charge in [0.15, 0.2) is 5.82 Å². The fourth-order valence-electron chi connectivity index (χ4n) is 4.25. The van der Waals surface area contributed by atoms with Gasteiger partial charge in [-0.15, -0.1) is 0 Å². The quantitative estimate of drug-likeness (QED) is 0.668. The topological polar surface area (TPSA) is 97.8 Å². The van der Waals surface area contributed by atoms with Crippen LogP contribution in [-0.2, 0) is 0 Å². The number of aromatic nitrogens is 2. The Labute approximate surface area is 179 Å². The molecule has 3 atom stereocenters. The Bertz CT molecular complexity index is 973. The van der Waals surface area contributed by atoms with E-state index in [-0.39, 0.29) is 23.3 Å². The molecule has 0 unspecified atom stereocenters. The molecule has 166 valence electrons. The molecule has 3 N–H and O–H groups in total. The summed E-state index contributed by atoms with van der Waals surface area (Å²) in [6, 6.07) is 6.57. The summed E-state index contributed by atoms with van der Waals surface area (Å²) in [6.07, 6.45) is 4.64. The van der Waals surface area contributed by atoms with Crippen LogP contribution in [0, 0.1) is 5.92 Å². The monoisotopic (exact) mass is 432 g/mol. The standard InChI is InChI=1S/C21H26F2N6O2/c1-28(2)13-5-8-18(15(9-13)17-10-25-17)29-11-16(19(24)30)20(27-29)26-12-3-6-14(7-4-12)31-21(22)23/h3-4,6-7,11,13,15,18,21H,5,8-10H2,1-2H3,(H2,24,30)(H,26,27)/t13-,15-,18+/m1/s1. The maximum Gasteiger partial charge on any atom is 0.387 e. The summed E-state index contributed by atoms with van der Waals surface area (Å²) in [5.41, 5.74) is 7.65. The largest absolute Gasteiger partial charge is 0.435 e. The first-order chi connectivity index (χ1) is 14.8. The molecule has 1 aliphatic heterocycles. The molecule has 8 nitrogen and oxygen atoms in total. The maximum atomic E-state index is 12.3. The first-order valence-electron chi connectivity index (χ1n) is 10.2. The molecular formula is C21H26F2N6O2. The molecule has 31 heavy (non-hydrogen) atoms. The number of aliphatic imine (C=N–C) groups is 1. The lowest BCUT2D eigenvalue weighted by Gasteiger charge is -2.37. The average Bonchev–Trinajstić information content (AvgIpc) is 3.48. The molecule has 0 radical (unpaired) electrons. The van der Waals surface area contributed by atoms with Crippen molar-refractivity contribution in [3.8, 4) is 5.75 Å². The molecule has 2 heterocycles. The van der Waals surface area contributed by atoms with Crippen LogP contribution in [-0.4, -0.2) is 59.6 Å². The number of ether oxygens (including phenoxy) is 1. The van der Waals surface area contributed by atoms with E-state index in [0.717, 1.165) is 25.8 Å². The number of hydrogen-bond acceptors (Lipinski definition) is 6. The number of hydrogen-bond donors (Lipinski definition) is 2. The molecule has 0 saturated heterocycles. The van der Waals surface area contributed by atoms with E-state index in [4.69, 9.17) is 5.73 Å². The first-order valence-corrected chi connectivity index (χ1v) is 10.2. The van der Waals surface area contributed by atoms with Crippen LogP contribution in [0.2, 0.25) is 0 Å². The van der Waals surface area contributed by atoms with Gasteiger partial charge in [0.05, 0.1) is 12.6 Å². The summed E-state index contributed by atoms with van der Waals surface area (Å²) in [7, 11) is 4.19. The van der Waals surface area contributed by atoms with Crippen LogP contribution in [0.25, 0.3) is 0 Å². The van der Waals surface area contributed by atoms with Crippen molar-refractivity contribution in [3.63, 3.8) is 0 Å². The van der Waals surface area contributed by atoms with E-state index in [1.807, 2.05) is 4.68 Å². The fraction of sp³-hybridized carbons (Fsp3) is 0.476. The normalized spacial score (nSPS) is 23.0. The van der Waals surface area contributed by atoms with E-state index in [2.05, 4.69) is 39.1 Å². The van der Waals surface area contributed by atoms with Gasteiger partial charge in [-0.3, -0.25) is 14.5 Å². The number of carbonyl (C=O) groups excluding carboxylic acids is 1. The first kappa shape index (κ1) is 21.2. The summed E-state index contributed by atoms with van der Waals surface area (Å²) in [4.78, 5) is 18.7. The van der Waals surface area contributed by atoms with Crippen molar-refractivity contribution in [1.82, 2.24) is 14.7 Å². The lowest BCUT2D eigenvalue weighted by Crippen LogP contribution is -2.39. The lowest BCUT2D eigenvalue weighted by molar-refractivity contribution is -0.0498. The van der Waals surface area contributed by atoms with Crippen LogP contribution in [0.15, 0.2) is 35.5 Å². The third kappa shape index (κ3) is 4.84. The molecule has 0 spiro atoms. The number of nitrogens with zero attached hydrogens (tertiary/aromatic N) is 4. The van der Waals surface area contributed by atoms with E-state index in [0.29, 0.717) is 17.5 Å². The molecule has 1 aliphatic carbocycles. The fourth-order valence-corrected chi connectivity index (χ4v) is 4.25. The number of amides is 1. The molecule has 1 saturated carbocycles. The van der Waals surface area contributed by atoms with Crippen molar-refractivity contribution in [2.45, 2.75) is 38.0 Å². The predicted molar refractivity (Wildman–Crippen MR) is 113 cm³/mol. The molecule has 2 aliphatic rings. The SMILES string of the molecule is CN(C)[C@@H]1CC[C@H](n2cc(C(N)=O)c(Nc3ccc(OC(F)F)cc3)n2)[C@@H](C2=NC2)C1. The second kappa shape index (κ2) is 8.62. The number of anilines is 2. The predicted octanol–water partition coefficient (Wildman–Crippen LogP) is 3.05. The summed E-state index contributed by atoms with van der Waals surface area (Å²) in [5, 5.41) is 7.70. The Morgan fingerprint density at radius 3 is 2.58 bits per heavy atom. The zero-order valence-electron chi connectivity index (χ0n) is 17.5. The molecule has 1 fully saturated rings. The van der Waals surface area contributed by atoms with Crippen LogP contribution in [0.5, 0.6) is 5.75 Å². The van der Waals surface area contributed by atoms with Crippen molar-refractivity contribution < 1.29 is 18.3 Å². The second-order valence-electron chi connectivity index (χ2n) is 8.18. The number of carbonyl (C=O) groups is 1. The van der Waals surface area contributed by atoms with E-state index >= 15 is 0 Å². The van der Waals surface area contributed by atoms with Crippen LogP contribution < -0.4 is 15.8 Å². The van der Waals surface area contributed by atoms with Crippen molar-refractivity contribution >= 4 is 23.1 Å². The Morgan fingerprint density at radius 1 is 1.29 bits per heavy atom. The Kier molecular flexibility index (Phi) is 5.90. The van der Waals surface area contributed by atoms with Crippen molar-refractivity contribution in [3.05, 3.63) is 36.0 Å². The molecule has 1 amide bonds. The van der Waals surface area contributed by atoms with E-state index in [1.54, 1.807) is 18.3 Å². The van der Waals surface area contributed by atoms with Crippen molar-refractivity contribution in [1.29, 1.82) is 0 Å². The smallest absolute Gasteiger partial charge is 0.387 e. The van der Waals surface area contributed by atoms with E-state index in [9.17, 15) is 13.6 Å². The highest BCUT2D eigenvalue weighted by Gasteiger charge is 2.39. The lowest BCUT2D eigenvalue weighted by atomic mass is 9.79. The Hall–Kier alpha value is -3.01. The summed E-state index contributed by atoms with van der Waals surface area (Å²) in [6.45, 7) is -2.09. The zero-order valence-corrected chi connectivity index (χ0v) is 17.5. The van der Waals surface area contributed by atoms with Crippen molar-refractivity contribution in [2.24, 2.45) is 16.6 Å². The third-order valence-electron chi connectivity index (χ3n) is 5.96. The number of benzene rings is 1. The number of halogens is 2. The number of rotatable bonds is 8. The number of nitrogens with one attached hydrogen (secondary N) is 1. The minimum Gasteiger partial charge on any atom is -0.435 e. The second-order valence-corrected chi connectivity index (χ2v) is 8.18. The van der Waals surface area contributed by atoms with E-state index in [1.165, 1.54) is 17.8 Å². The van der Waals surface area contributed by atoms with Crippen LogP contribution in [0.4, 0.5) is 20.3 Å². The minimum absolute atomic E-state index is 0.0481. The third-order valence-corrected chi connectivity index (χ3v) is 5.96. The summed E-state index contributed by atoms with van der Waals surface area (Å²) in [5.74, 6) is 0.0715. The zero-order chi connectivity index (χ0) is 22.1. The molecule has 0 bridgehead atoms. The maximum absolute atomic E-state index is 12.3. The highest BCUT2D eigenvalue weighted by atomic mass is 19.3. The molecular weight excluding hydrogens is 406 g/mol. The molecule has 10 heteroatoms. The minimum atomic E-state index is -2.89. The van der Waals surface area contributed by atoms with Crippen LogP contribution in [0.3, 0.4) is 0 Å². The van der Waals surface area contributed by atoms with Crippen molar-refractivity contribution in [2.75, 3.05) is 26.0 Å². The van der Waals surface area contributed by atoms with Gasteiger partial charge in [0.2, 0.25) is 0 Å².